The maximum atomic E-state index is 9.31. The molecule has 5 heteroatoms. The number of benzene rings is 1. The van der Waals surface area contributed by atoms with Crippen molar-refractivity contribution in [2.75, 3.05) is 13.2 Å². The maximum Gasteiger partial charge on any atom is 0.122 e. The van der Waals surface area contributed by atoms with E-state index in [1.54, 1.807) is 11.3 Å². The number of hydrogen-bond acceptors (Lipinski definition) is 5. The van der Waals surface area contributed by atoms with Crippen LogP contribution < -0.4 is 0 Å². The highest BCUT2D eigenvalue weighted by molar-refractivity contribution is 7.09. The first kappa shape index (κ1) is 17.5. The summed E-state index contributed by atoms with van der Waals surface area (Å²) in [7, 11) is 0. The molecule has 2 aromatic rings. The Balaban J connectivity index is 1.68. The highest BCUT2D eigenvalue weighted by Gasteiger charge is 2.22. The van der Waals surface area contributed by atoms with E-state index in [9.17, 15) is 5.11 Å². The van der Waals surface area contributed by atoms with Gasteiger partial charge in [-0.3, -0.25) is 4.90 Å². The zero-order valence-corrected chi connectivity index (χ0v) is 15.0. The minimum absolute atomic E-state index is 0.196. The average molecular weight is 346 g/mol. The Labute approximate surface area is 148 Å². The van der Waals surface area contributed by atoms with E-state index >= 15 is 0 Å². The fourth-order valence-corrected chi connectivity index (χ4v) is 3.97. The number of aliphatic hydroxyl groups excluding tert-OH is 1. The first-order chi connectivity index (χ1) is 11.8. The van der Waals surface area contributed by atoms with Gasteiger partial charge >= 0.3 is 0 Å². The van der Waals surface area contributed by atoms with E-state index in [0.29, 0.717) is 6.04 Å². The van der Waals surface area contributed by atoms with Gasteiger partial charge in [0, 0.05) is 37.7 Å². The summed E-state index contributed by atoms with van der Waals surface area (Å²) in [5, 5.41) is 12.6. The molecule has 3 rings (SSSR count). The van der Waals surface area contributed by atoms with Crippen LogP contribution in [0.15, 0.2) is 35.7 Å². The van der Waals surface area contributed by atoms with Crippen molar-refractivity contribution in [3.8, 4) is 0 Å². The molecule has 24 heavy (non-hydrogen) atoms. The van der Waals surface area contributed by atoms with Crippen LogP contribution in [0.25, 0.3) is 0 Å². The standard InChI is InChI=1S/C19H26N2O2S/c1-15(9-10-22)21(12-16-6-3-2-4-7-16)13-17-14-24-19(20-17)18-8-5-11-23-18/h2-4,6-7,14-15,18,22H,5,8-13H2,1H3. The van der Waals surface area contributed by atoms with Gasteiger partial charge in [-0.05, 0) is 31.7 Å². The highest BCUT2D eigenvalue weighted by atomic mass is 32.1. The molecular formula is C19H26N2O2S. The van der Waals surface area contributed by atoms with Crippen LogP contribution in [-0.4, -0.2) is 34.2 Å². The Hall–Kier alpha value is -1.27. The molecule has 130 valence electrons. The third-order valence-electron chi connectivity index (χ3n) is 4.54. The number of aliphatic hydroxyl groups is 1. The highest BCUT2D eigenvalue weighted by Crippen LogP contribution is 2.31. The SMILES string of the molecule is CC(CCO)N(Cc1ccccc1)Cc1csc(C2CCCO2)n1. The minimum atomic E-state index is 0.196. The van der Waals surface area contributed by atoms with E-state index < -0.39 is 0 Å². The van der Waals surface area contributed by atoms with Gasteiger partial charge in [-0.1, -0.05) is 30.3 Å². The zero-order valence-electron chi connectivity index (χ0n) is 14.2. The summed E-state index contributed by atoms with van der Waals surface area (Å²) < 4.78 is 5.74. The van der Waals surface area contributed by atoms with Gasteiger partial charge in [-0.2, -0.15) is 0 Å². The van der Waals surface area contributed by atoms with Crippen LogP contribution >= 0.6 is 11.3 Å². The van der Waals surface area contributed by atoms with Gasteiger partial charge in [0.1, 0.15) is 11.1 Å². The van der Waals surface area contributed by atoms with Gasteiger partial charge in [0.15, 0.2) is 0 Å². The van der Waals surface area contributed by atoms with Crippen molar-refractivity contribution in [3.63, 3.8) is 0 Å². The van der Waals surface area contributed by atoms with Crippen LogP contribution in [0, 0.1) is 0 Å². The van der Waals surface area contributed by atoms with Gasteiger partial charge in [0.05, 0.1) is 5.69 Å². The third kappa shape index (κ3) is 4.63. The monoisotopic (exact) mass is 346 g/mol. The summed E-state index contributed by atoms with van der Waals surface area (Å²) in [6, 6.07) is 10.8. The van der Waals surface area contributed by atoms with Crippen LogP contribution in [0.4, 0.5) is 0 Å². The Bertz CT molecular complexity index is 611. The lowest BCUT2D eigenvalue weighted by Gasteiger charge is -2.28. The molecule has 1 N–H and O–H groups in total. The van der Waals surface area contributed by atoms with Crippen LogP contribution in [0.1, 0.15) is 48.6 Å². The number of rotatable bonds is 8. The van der Waals surface area contributed by atoms with E-state index in [0.717, 1.165) is 49.7 Å². The molecule has 0 bridgehead atoms. The smallest absolute Gasteiger partial charge is 0.122 e. The van der Waals surface area contributed by atoms with Crippen molar-refractivity contribution < 1.29 is 9.84 Å². The van der Waals surface area contributed by atoms with E-state index in [-0.39, 0.29) is 12.7 Å². The number of ether oxygens (including phenoxy) is 1. The van der Waals surface area contributed by atoms with E-state index in [4.69, 9.17) is 9.72 Å². The predicted molar refractivity (Wildman–Crippen MR) is 96.9 cm³/mol. The quantitative estimate of drug-likeness (QED) is 0.790. The third-order valence-corrected chi connectivity index (χ3v) is 5.52. The van der Waals surface area contributed by atoms with E-state index in [1.165, 1.54) is 5.56 Å². The largest absolute Gasteiger partial charge is 0.396 e. The summed E-state index contributed by atoms with van der Waals surface area (Å²) in [6.07, 6.45) is 3.19. The number of nitrogens with zero attached hydrogens (tertiary/aromatic N) is 2. The molecule has 0 spiro atoms. The lowest BCUT2D eigenvalue weighted by atomic mass is 10.1. The van der Waals surface area contributed by atoms with Gasteiger partial charge in [-0.15, -0.1) is 11.3 Å². The van der Waals surface area contributed by atoms with Crippen LogP contribution in [-0.2, 0) is 17.8 Å². The molecule has 2 unspecified atom stereocenters. The minimum Gasteiger partial charge on any atom is -0.396 e. The average Bonchev–Trinajstić information content (AvgIpc) is 3.27. The molecule has 1 saturated heterocycles. The molecule has 4 nitrogen and oxygen atoms in total. The summed E-state index contributed by atoms with van der Waals surface area (Å²) in [4.78, 5) is 7.19. The van der Waals surface area contributed by atoms with Crippen molar-refractivity contribution in [3.05, 3.63) is 52.0 Å². The Morgan fingerprint density at radius 3 is 2.88 bits per heavy atom. The molecule has 1 aromatic carbocycles. The lowest BCUT2D eigenvalue weighted by Crippen LogP contribution is -2.33. The molecule has 0 saturated carbocycles. The summed E-state index contributed by atoms with van der Waals surface area (Å²) in [5.74, 6) is 0. The van der Waals surface area contributed by atoms with Crippen molar-refractivity contribution >= 4 is 11.3 Å². The Morgan fingerprint density at radius 1 is 1.33 bits per heavy atom. The number of thiazole rings is 1. The van der Waals surface area contributed by atoms with Gasteiger partial charge in [0.2, 0.25) is 0 Å². The summed E-state index contributed by atoms with van der Waals surface area (Å²) >= 11 is 1.71. The van der Waals surface area contributed by atoms with Crippen LogP contribution in [0.2, 0.25) is 0 Å². The van der Waals surface area contributed by atoms with Crippen LogP contribution in [0.5, 0.6) is 0 Å². The zero-order chi connectivity index (χ0) is 16.8. The molecule has 1 aromatic heterocycles. The Morgan fingerprint density at radius 2 is 2.17 bits per heavy atom. The normalized spacial score (nSPS) is 19.0. The predicted octanol–water partition coefficient (Wildman–Crippen LogP) is 3.77. The van der Waals surface area contributed by atoms with Crippen molar-refractivity contribution in [1.82, 2.24) is 9.88 Å². The lowest BCUT2D eigenvalue weighted by molar-refractivity contribution is 0.111. The number of hydrogen-bond donors (Lipinski definition) is 1. The summed E-state index contributed by atoms with van der Waals surface area (Å²) in [5.41, 5.74) is 2.39. The van der Waals surface area contributed by atoms with Gasteiger partial charge in [0.25, 0.3) is 0 Å². The second-order valence-corrected chi connectivity index (χ2v) is 7.32. The molecule has 0 aliphatic carbocycles. The van der Waals surface area contributed by atoms with Crippen molar-refractivity contribution in [2.45, 2.75) is 51.4 Å². The molecule has 0 radical (unpaired) electrons. The molecule has 1 aliphatic heterocycles. The first-order valence-corrected chi connectivity index (χ1v) is 9.59. The molecular weight excluding hydrogens is 320 g/mol. The fraction of sp³-hybridized carbons (Fsp3) is 0.526. The molecule has 1 aliphatic rings. The second-order valence-electron chi connectivity index (χ2n) is 6.43. The topological polar surface area (TPSA) is 45.6 Å². The van der Waals surface area contributed by atoms with Crippen molar-refractivity contribution in [2.24, 2.45) is 0 Å². The number of aromatic nitrogens is 1. The maximum absolute atomic E-state index is 9.31. The fourth-order valence-electron chi connectivity index (χ4n) is 3.08. The molecule has 1 fully saturated rings. The second kappa shape index (κ2) is 8.72. The molecule has 0 amide bonds. The van der Waals surface area contributed by atoms with Crippen LogP contribution in [0.3, 0.4) is 0 Å². The van der Waals surface area contributed by atoms with Crippen molar-refractivity contribution in [1.29, 1.82) is 0 Å². The Kier molecular flexibility index (Phi) is 6.37. The van der Waals surface area contributed by atoms with Gasteiger partial charge < -0.3 is 9.84 Å². The molecule has 2 atom stereocenters. The first-order valence-electron chi connectivity index (χ1n) is 8.71. The van der Waals surface area contributed by atoms with E-state index in [2.05, 4.69) is 41.5 Å². The molecule has 2 heterocycles. The van der Waals surface area contributed by atoms with E-state index in [1.807, 2.05) is 6.07 Å². The summed E-state index contributed by atoms with van der Waals surface area (Å²) in [6.45, 7) is 4.92. The van der Waals surface area contributed by atoms with Gasteiger partial charge in [-0.25, -0.2) is 4.98 Å².